The van der Waals surface area contributed by atoms with Crippen molar-refractivity contribution in [2.75, 3.05) is 0 Å². The molecule has 0 amide bonds. The molecule has 0 saturated heterocycles. The van der Waals surface area contributed by atoms with E-state index in [1.807, 2.05) is 6.07 Å². The normalized spacial score (nSPS) is 11.7. The number of ether oxygens (including phenoxy) is 1. The molecule has 0 aliphatic carbocycles. The molecule has 2 aromatic rings. The molecule has 0 aliphatic heterocycles. The number of nitrogens with zero attached hydrogens (tertiary/aromatic N) is 1. The summed E-state index contributed by atoms with van der Waals surface area (Å²) in [5, 5.41) is 9.26. The van der Waals surface area contributed by atoms with E-state index < -0.39 is 15.6 Å². The number of alkyl halides is 3. The van der Waals surface area contributed by atoms with Crippen LogP contribution in [0.4, 0.5) is 4.39 Å². The Kier molecular flexibility index (Phi) is 5.84. The first kappa shape index (κ1) is 18.3. The number of nitriles is 1. The van der Waals surface area contributed by atoms with Gasteiger partial charge in [0.25, 0.3) is 3.79 Å². The minimum absolute atomic E-state index is 0.123. The van der Waals surface area contributed by atoms with Gasteiger partial charge in [0.15, 0.2) is 0 Å². The molecule has 0 fully saturated rings. The third-order valence-electron chi connectivity index (χ3n) is 2.90. The van der Waals surface area contributed by atoms with Crippen molar-refractivity contribution in [2.24, 2.45) is 0 Å². The Morgan fingerprint density at radius 2 is 1.88 bits per heavy atom. The highest BCUT2D eigenvalue weighted by atomic mass is 35.6. The lowest BCUT2D eigenvalue weighted by Crippen LogP contribution is -2.24. The van der Waals surface area contributed by atoms with Gasteiger partial charge in [0.1, 0.15) is 11.6 Å². The van der Waals surface area contributed by atoms with E-state index in [4.69, 9.17) is 39.5 Å². The number of hydrogen-bond acceptors (Lipinski definition) is 3. The van der Waals surface area contributed by atoms with Gasteiger partial charge in [0.2, 0.25) is 0 Å². The van der Waals surface area contributed by atoms with Crippen molar-refractivity contribution in [2.45, 2.75) is 3.79 Å². The van der Waals surface area contributed by atoms with Crippen LogP contribution in [0.5, 0.6) is 5.75 Å². The van der Waals surface area contributed by atoms with Crippen molar-refractivity contribution in [1.29, 1.82) is 5.26 Å². The number of hydrogen-bond donors (Lipinski definition) is 0. The van der Waals surface area contributed by atoms with Crippen molar-refractivity contribution in [1.82, 2.24) is 0 Å². The smallest absolute Gasteiger partial charge is 0.363 e. The van der Waals surface area contributed by atoms with Crippen LogP contribution in [0.15, 0.2) is 48.5 Å². The Labute approximate surface area is 152 Å². The minimum Gasteiger partial charge on any atom is -0.423 e. The highest BCUT2D eigenvalue weighted by Gasteiger charge is 2.33. The number of carbonyl (C=O) groups excluding carboxylic acids is 1. The van der Waals surface area contributed by atoms with Gasteiger partial charge < -0.3 is 4.74 Å². The summed E-state index contributed by atoms with van der Waals surface area (Å²) in [6, 6.07) is 14.1. The molecular formula is C17H9Cl3FNO2. The number of rotatable bonds is 3. The lowest BCUT2D eigenvalue weighted by molar-refractivity contribution is -0.133. The summed E-state index contributed by atoms with van der Waals surface area (Å²) in [7, 11) is 0. The van der Waals surface area contributed by atoms with Crippen LogP contribution in [0.3, 0.4) is 0 Å². The number of benzene rings is 2. The zero-order valence-electron chi connectivity index (χ0n) is 12.0. The van der Waals surface area contributed by atoms with Crippen molar-refractivity contribution in [3.8, 4) is 11.8 Å². The number of allylic oxidation sites excluding steroid dienone is 1. The van der Waals surface area contributed by atoms with Crippen molar-refractivity contribution in [3.63, 3.8) is 0 Å². The summed E-state index contributed by atoms with van der Waals surface area (Å²) < 4.78 is 16.6. The lowest BCUT2D eigenvalue weighted by atomic mass is 10.0. The maximum atomic E-state index is 13.8. The minimum atomic E-state index is -2.20. The fraction of sp³-hybridized carbons (Fsp3) is 0.0588. The average Bonchev–Trinajstić information content (AvgIpc) is 2.53. The van der Waals surface area contributed by atoms with Crippen LogP contribution in [0.2, 0.25) is 0 Å². The van der Waals surface area contributed by atoms with Gasteiger partial charge in [-0.15, -0.1) is 0 Å². The summed E-state index contributed by atoms with van der Waals surface area (Å²) in [6.45, 7) is 0. The molecule has 0 aliphatic rings. The lowest BCUT2D eigenvalue weighted by Gasteiger charge is -2.10. The summed E-state index contributed by atoms with van der Waals surface area (Å²) in [4.78, 5) is 11.6. The van der Waals surface area contributed by atoms with Crippen LogP contribution in [-0.2, 0) is 4.79 Å². The number of carbonyl (C=O) groups is 1. The van der Waals surface area contributed by atoms with E-state index in [9.17, 15) is 14.4 Å². The van der Waals surface area contributed by atoms with Crippen molar-refractivity contribution < 1.29 is 13.9 Å². The van der Waals surface area contributed by atoms with E-state index in [1.165, 1.54) is 36.4 Å². The van der Waals surface area contributed by atoms with E-state index in [1.54, 1.807) is 18.2 Å². The van der Waals surface area contributed by atoms with E-state index in [-0.39, 0.29) is 16.9 Å². The predicted molar refractivity (Wildman–Crippen MR) is 92.3 cm³/mol. The number of esters is 1. The largest absolute Gasteiger partial charge is 0.423 e. The molecule has 0 atom stereocenters. The summed E-state index contributed by atoms with van der Waals surface area (Å²) in [5.74, 6) is -1.43. The van der Waals surface area contributed by atoms with Gasteiger partial charge >= 0.3 is 5.97 Å². The van der Waals surface area contributed by atoms with E-state index >= 15 is 0 Å². The average molecular weight is 385 g/mol. The maximum absolute atomic E-state index is 13.8. The fourth-order valence-corrected chi connectivity index (χ4v) is 1.97. The molecule has 0 saturated carbocycles. The molecule has 122 valence electrons. The molecule has 2 aromatic carbocycles. The van der Waals surface area contributed by atoms with E-state index in [2.05, 4.69) is 0 Å². The van der Waals surface area contributed by atoms with E-state index in [0.717, 1.165) is 0 Å². The first-order valence-electron chi connectivity index (χ1n) is 6.57. The summed E-state index contributed by atoms with van der Waals surface area (Å²) >= 11 is 16.3. The molecule has 7 heteroatoms. The molecule has 0 spiro atoms. The topological polar surface area (TPSA) is 50.1 Å². The molecule has 24 heavy (non-hydrogen) atoms. The van der Waals surface area contributed by atoms with E-state index in [0.29, 0.717) is 5.56 Å². The second-order valence-corrected chi connectivity index (χ2v) is 6.89. The molecule has 0 unspecified atom stereocenters. The highest BCUT2D eigenvalue weighted by molar-refractivity contribution is 6.75. The molecule has 0 aromatic heterocycles. The Balaban J connectivity index is 2.33. The summed E-state index contributed by atoms with van der Waals surface area (Å²) in [5.41, 5.74) is 0.811. The molecular weight excluding hydrogens is 376 g/mol. The van der Waals surface area contributed by atoms with Gasteiger partial charge in [-0.25, -0.2) is 9.18 Å². The molecule has 3 nitrogen and oxygen atoms in total. The van der Waals surface area contributed by atoms with Gasteiger partial charge in [-0.1, -0.05) is 65.1 Å². The zero-order chi connectivity index (χ0) is 17.7. The Bertz CT molecular complexity index is 838. The van der Waals surface area contributed by atoms with Crippen molar-refractivity contribution in [3.05, 3.63) is 65.5 Å². The van der Waals surface area contributed by atoms with Crippen LogP contribution in [0.1, 0.15) is 11.1 Å². The van der Waals surface area contributed by atoms with Gasteiger partial charge in [-0.2, -0.15) is 5.26 Å². The fourth-order valence-electron chi connectivity index (χ4n) is 1.85. The van der Waals surface area contributed by atoms with Crippen LogP contribution in [0.25, 0.3) is 11.6 Å². The molecule has 0 radical (unpaired) electrons. The quantitative estimate of drug-likeness (QED) is 0.241. The van der Waals surface area contributed by atoms with Crippen LogP contribution in [0, 0.1) is 17.1 Å². The van der Waals surface area contributed by atoms with Crippen LogP contribution in [-0.4, -0.2) is 9.76 Å². The Morgan fingerprint density at radius 3 is 2.50 bits per heavy atom. The predicted octanol–water partition coefficient (Wildman–Crippen LogP) is 5.17. The first-order valence-corrected chi connectivity index (χ1v) is 7.70. The Morgan fingerprint density at radius 1 is 1.17 bits per heavy atom. The summed E-state index contributed by atoms with van der Waals surface area (Å²) in [6.07, 6.45) is 1.46. The molecule has 0 N–H and O–H groups in total. The zero-order valence-corrected chi connectivity index (χ0v) is 14.2. The molecule has 0 bridgehead atoms. The maximum Gasteiger partial charge on any atom is 0.363 e. The standard InChI is InChI=1S/C17H9Cl3FNO2/c18-17(19,20)16(23)24-13-5-3-4-11(9-13)8-12(10-22)14-6-1-2-7-15(14)21/h1-9H/b12-8-. The SMILES string of the molecule is N#C/C(=C/c1cccc(OC(=O)C(Cl)(Cl)Cl)c1)c1ccccc1F. The van der Waals surface area contributed by atoms with Gasteiger partial charge in [-0.05, 0) is 29.8 Å². The number of halogens is 4. The molecule has 2 rings (SSSR count). The molecule has 0 heterocycles. The van der Waals surface area contributed by atoms with Crippen molar-refractivity contribution >= 4 is 52.4 Å². The third-order valence-corrected chi connectivity index (χ3v) is 3.36. The van der Waals surface area contributed by atoms with Gasteiger partial charge in [0, 0.05) is 5.56 Å². The highest BCUT2D eigenvalue weighted by Crippen LogP contribution is 2.29. The Hall–Kier alpha value is -2.06. The second kappa shape index (κ2) is 7.67. The second-order valence-electron chi connectivity index (χ2n) is 4.61. The van der Waals surface area contributed by atoms with Gasteiger partial charge in [0.05, 0.1) is 11.6 Å². The van der Waals surface area contributed by atoms with Crippen LogP contribution < -0.4 is 4.74 Å². The van der Waals surface area contributed by atoms with Crippen LogP contribution >= 0.6 is 34.8 Å². The first-order chi connectivity index (χ1) is 11.3. The third kappa shape index (κ3) is 4.72. The monoisotopic (exact) mass is 383 g/mol. The van der Waals surface area contributed by atoms with Gasteiger partial charge in [-0.3, -0.25) is 0 Å².